The summed E-state index contributed by atoms with van der Waals surface area (Å²) in [7, 11) is 0. The molecule has 1 heterocycles. The minimum absolute atomic E-state index is 0. The van der Waals surface area contributed by atoms with E-state index in [4.69, 9.17) is 5.73 Å². The molecule has 1 aliphatic heterocycles. The highest BCUT2D eigenvalue weighted by molar-refractivity contribution is 14.0. The number of rotatable bonds is 4. The number of benzene rings is 1. The van der Waals surface area contributed by atoms with Gasteiger partial charge in [-0.1, -0.05) is 22.0 Å². The molecular formula is C15H22BrIN4O. The zero-order valence-corrected chi connectivity index (χ0v) is 16.3. The molecule has 1 amide bonds. The van der Waals surface area contributed by atoms with Gasteiger partial charge in [0.2, 0.25) is 0 Å². The maximum absolute atomic E-state index is 11.9. The number of carbonyl (C=O) groups is 1. The van der Waals surface area contributed by atoms with Crippen LogP contribution in [-0.2, 0) is 0 Å². The van der Waals surface area contributed by atoms with Crippen LogP contribution in [-0.4, -0.2) is 42.9 Å². The Morgan fingerprint density at radius 3 is 2.73 bits per heavy atom. The van der Waals surface area contributed by atoms with Gasteiger partial charge in [0, 0.05) is 29.7 Å². The highest BCUT2D eigenvalue weighted by Gasteiger charge is 2.11. The van der Waals surface area contributed by atoms with Crippen molar-refractivity contribution in [3.63, 3.8) is 0 Å². The molecule has 22 heavy (non-hydrogen) atoms. The van der Waals surface area contributed by atoms with E-state index in [0.29, 0.717) is 24.6 Å². The van der Waals surface area contributed by atoms with E-state index in [1.807, 2.05) is 12.1 Å². The maximum Gasteiger partial charge on any atom is 0.251 e. The fraction of sp³-hybridized carbons (Fsp3) is 0.467. The first-order valence-electron chi connectivity index (χ1n) is 7.25. The molecule has 1 saturated heterocycles. The van der Waals surface area contributed by atoms with Gasteiger partial charge in [-0.2, -0.15) is 0 Å². The summed E-state index contributed by atoms with van der Waals surface area (Å²) >= 11 is 3.35. The molecule has 0 saturated carbocycles. The summed E-state index contributed by atoms with van der Waals surface area (Å²) in [6, 6.07) is 7.30. The number of hydrogen-bond acceptors (Lipinski definition) is 2. The second-order valence-corrected chi connectivity index (χ2v) is 5.97. The van der Waals surface area contributed by atoms with Crippen molar-refractivity contribution in [2.75, 3.05) is 26.2 Å². The molecule has 5 nitrogen and oxygen atoms in total. The maximum atomic E-state index is 11.9. The number of hydrogen-bond donors (Lipinski definition) is 2. The first-order valence-corrected chi connectivity index (χ1v) is 8.05. The van der Waals surface area contributed by atoms with E-state index in [2.05, 4.69) is 31.1 Å². The quantitative estimate of drug-likeness (QED) is 0.301. The number of nitrogens with two attached hydrogens (primary N) is 1. The average Bonchev–Trinajstić information content (AvgIpc) is 2.52. The summed E-state index contributed by atoms with van der Waals surface area (Å²) in [4.78, 5) is 18.4. The molecule has 0 bridgehead atoms. The second-order valence-electron chi connectivity index (χ2n) is 5.05. The molecule has 1 aromatic carbocycles. The van der Waals surface area contributed by atoms with Gasteiger partial charge in [0.25, 0.3) is 5.91 Å². The standard InChI is InChI=1S/C15H21BrN4O.HI/c16-13-6-4-5-12(11-13)14(21)18-7-8-19-15(17)20-9-2-1-3-10-20;/h4-6,11H,1-3,7-10H2,(H2,17,19)(H,18,21);1H. The van der Waals surface area contributed by atoms with Crippen LogP contribution in [0.25, 0.3) is 0 Å². The van der Waals surface area contributed by atoms with Gasteiger partial charge in [0.05, 0.1) is 6.54 Å². The lowest BCUT2D eigenvalue weighted by atomic mass is 10.1. The van der Waals surface area contributed by atoms with E-state index in [9.17, 15) is 4.79 Å². The van der Waals surface area contributed by atoms with E-state index in [1.165, 1.54) is 19.3 Å². The highest BCUT2D eigenvalue weighted by Crippen LogP contribution is 2.11. The molecular weight excluding hydrogens is 459 g/mol. The van der Waals surface area contributed by atoms with Crippen LogP contribution in [0, 0.1) is 0 Å². The number of likely N-dealkylation sites (tertiary alicyclic amines) is 1. The Balaban J connectivity index is 0.00000242. The Labute approximate surface area is 156 Å². The van der Waals surface area contributed by atoms with Gasteiger partial charge in [-0.3, -0.25) is 9.79 Å². The topological polar surface area (TPSA) is 70.7 Å². The molecule has 122 valence electrons. The Morgan fingerprint density at radius 2 is 2.05 bits per heavy atom. The van der Waals surface area contributed by atoms with Crippen LogP contribution >= 0.6 is 39.9 Å². The van der Waals surface area contributed by atoms with Gasteiger partial charge in [0.1, 0.15) is 0 Å². The summed E-state index contributed by atoms with van der Waals surface area (Å²) in [5.41, 5.74) is 6.59. The molecule has 7 heteroatoms. The highest BCUT2D eigenvalue weighted by atomic mass is 127. The third-order valence-corrected chi connectivity index (χ3v) is 3.93. The number of carbonyl (C=O) groups excluding carboxylic acids is 1. The molecule has 0 spiro atoms. The fourth-order valence-electron chi connectivity index (χ4n) is 2.29. The van der Waals surface area contributed by atoms with E-state index in [-0.39, 0.29) is 29.9 Å². The Bertz CT molecular complexity index is 518. The van der Waals surface area contributed by atoms with Crippen molar-refractivity contribution in [1.29, 1.82) is 0 Å². The van der Waals surface area contributed by atoms with E-state index in [1.54, 1.807) is 12.1 Å². The Morgan fingerprint density at radius 1 is 1.32 bits per heavy atom. The van der Waals surface area contributed by atoms with Gasteiger partial charge < -0.3 is 16.0 Å². The van der Waals surface area contributed by atoms with Crippen LogP contribution in [0.2, 0.25) is 0 Å². The molecule has 1 fully saturated rings. The van der Waals surface area contributed by atoms with E-state index < -0.39 is 0 Å². The number of aliphatic imine (C=N–C) groups is 1. The zero-order valence-electron chi connectivity index (χ0n) is 12.4. The van der Waals surface area contributed by atoms with Crippen LogP contribution in [0.4, 0.5) is 0 Å². The third kappa shape index (κ3) is 6.12. The van der Waals surface area contributed by atoms with Crippen molar-refractivity contribution in [2.45, 2.75) is 19.3 Å². The Hall–Kier alpha value is -0.830. The van der Waals surface area contributed by atoms with Crippen molar-refractivity contribution >= 4 is 51.8 Å². The van der Waals surface area contributed by atoms with Crippen LogP contribution < -0.4 is 11.1 Å². The largest absolute Gasteiger partial charge is 0.370 e. The minimum atomic E-state index is -0.0944. The number of halogens is 2. The predicted octanol–water partition coefficient (Wildman–Crippen LogP) is 2.60. The predicted molar refractivity (Wildman–Crippen MR) is 104 cm³/mol. The Kier molecular flexibility index (Phi) is 8.77. The number of guanidine groups is 1. The van der Waals surface area contributed by atoms with Crippen molar-refractivity contribution < 1.29 is 4.79 Å². The molecule has 3 N–H and O–H groups in total. The van der Waals surface area contributed by atoms with Crippen molar-refractivity contribution in [3.05, 3.63) is 34.3 Å². The normalized spacial score (nSPS) is 15.1. The molecule has 0 aromatic heterocycles. The number of nitrogens with one attached hydrogen (secondary N) is 1. The molecule has 1 aromatic rings. The van der Waals surface area contributed by atoms with Crippen LogP contribution in [0.1, 0.15) is 29.6 Å². The third-order valence-electron chi connectivity index (χ3n) is 3.44. The second kappa shape index (κ2) is 10.0. The molecule has 0 atom stereocenters. The van der Waals surface area contributed by atoms with Gasteiger partial charge >= 0.3 is 0 Å². The lowest BCUT2D eigenvalue weighted by molar-refractivity contribution is 0.0954. The SMILES string of the molecule is I.NC(=NCCNC(=O)c1cccc(Br)c1)N1CCCCC1. The number of amides is 1. The van der Waals surface area contributed by atoms with Gasteiger partial charge in [0.15, 0.2) is 5.96 Å². The van der Waals surface area contributed by atoms with Crippen molar-refractivity contribution in [1.82, 2.24) is 10.2 Å². The van der Waals surface area contributed by atoms with Crippen LogP contribution in [0.15, 0.2) is 33.7 Å². The molecule has 1 aliphatic rings. The smallest absolute Gasteiger partial charge is 0.251 e. The minimum Gasteiger partial charge on any atom is -0.370 e. The lowest BCUT2D eigenvalue weighted by Gasteiger charge is -2.27. The van der Waals surface area contributed by atoms with Gasteiger partial charge in [-0.05, 0) is 37.5 Å². The van der Waals surface area contributed by atoms with Crippen molar-refractivity contribution in [3.8, 4) is 0 Å². The summed E-state index contributed by atoms with van der Waals surface area (Å²) in [6.45, 7) is 2.96. The zero-order chi connectivity index (χ0) is 15.1. The number of piperidine rings is 1. The number of nitrogens with zero attached hydrogens (tertiary/aromatic N) is 2. The summed E-state index contributed by atoms with van der Waals surface area (Å²) in [5, 5.41) is 2.84. The van der Waals surface area contributed by atoms with E-state index in [0.717, 1.165) is 17.6 Å². The van der Waals surface area contributed by atoms with Crippen LogP contribution in [0.5, 0.6) is 0 Å². The molecule has 0 unspecified atom stereocenters. The summed E-state index contributed by atoms with van der Waals surface area (Å²) in [5.74, 6) is 0.495. The summed E-state index contributed by atoms with van der Waals surface area (Å²) < 4.78 is 0.891. The van der Waals surface area contributed by atoms with E-state index >= 15 is 0 Å². The fourth-order valence-corrected chi connectivity index (χ4v) is 2.69. The molecule has 0 aliphatic carbocycles. The van der Waals surface area contributed by atoms with Gasteiger partial charge in [-0.15, -0.1) is 24.0 Å². The van der Waals surface area contributed by atoms with Crippen molar-refractivity contribution in [2.24, 2.45) is 10.7 Å². The molecule has 2 rings (SSSR count). The monoisotopic (exact) mass is 480 g/mol. The van der Waals surface area contributed by atoms with Crippen LogP contribution in [0.3, 0.4) is 0 Å². The van der Waals surface area contributed by atoms with Gasteiger partial charge in [-0.25, -0.2) is 0 Å². The summed E-state index contributed by atoms with van der Waals surface area (Å²) in [6.07, 6.45) is 3.62. The lowest BCUT2D eigenvalue weighted by Crippen LogP contribution is -2.41. The molecule has 0 radical (unpaired) electrons. The first kappa shape index (κ1) is 19.2. The first-order chi connectivity index (χ1) is 10.2. The average molecular weight is 481 g/mol.